The third-order valence-electron chi connectivity index (χ3n) is 6.04. The number of piperidine rings is 1. The molecule has 3 fully saturated rings. The Morgan fingerprint density at radius 3 is 2.50 bits per heavy atom. The molecule has 3 aliphatic rings. The number of likely N-dealkylation sites (N-methyl/N-ethyl adjacent to an activating group) is 1. The first kappa shape index (κ1) is 12.9. The summed E-state index contributed by atoms with van der Waals surface area (Å²) >= 11 is 0. The minimum Gasteiger partial charge on any atom is -0.312 e. The lowest BCUT2D eigenvalue weighted by atomic mass is 9.57. The molecule has 0 aromatic heterocycles. The molecule has 18 heavy (non-hydrogen) atoms. The highest BCUT2D eigenvalue weighted by Gasteiger charge is 2.46. The molecule has 2 heteroatoms. The Morgan fingerprint density at radius 2 is 1.83 bits per heavy atom. The van der Waals surface area contributed by atoms with E-state index in [1.165, 1.54) is 77.3 Å². The van der Waals surface area contributed by atoms with Crippen LogP contribution >= 0.6 is 0 Å². The normalized spacial score (nSPS) is 36.5. The number of nitrogens with one attached hydrogen (secondary N) is 1. The van der Waals surface area contributed by atoms with Crippen molar-refractivity contribution in [3.05, 3.63) is 0 Å². The lowest BCUT2D eigenvalue weighted by Gasteiger charge is -2.53. The molecule has 0 aromatic carbocycles. The lowest BCUT2D eigenvalue weighted by Crippen LogP contribution is -2.57. The van der Waals surface area contributed by atoms with Crippen molar-refractivity contribution in [1.82, 2.24) is 10.2 Å². The second kappa shape index (κ2) is 5.50. The summed E-state index contributed by atoms with van der Waals surface area (Å²) in [5, 5.41) is 3.94. The summed E-state index contributed by atoms with van der Waals surface area (Å²) < 4.78 is 0. The van der Waals surface area contributed by atoms with Crippen molar-refractivity contribution in [2.24, 2.45) is 5.41 Å². The van der Waals surface area contributed by atoms with Gasteiger partial charge in [0.2, 0.25) is 0 Å². The Balaban J connectivity index is 1.48. The standard InChI is InChI=1S/C16H30N2/c1-18-12-6-3-7-14(18)13-17-15-8-11-16(15)9-4-2-5-10-16/h14-15,17H,2-13H2,1H3. The SMILES string of the molecule is CN1CCCCC1CNC1CCC12CCCCC2. The van der Waals surface area contributed by atoms with Crippen LogP contribution in [0.4, 0.5) is 0 Å². The van der Waals surface area contributed by atoms with Gasteiger partial charge in [0.15, 0.2) is 0 Å². The van der Waals surface area contributed by atoms with Gasteiger partial charge in [0.25, 0.3) is 0 Å². The van der Waals surface area contributed by atoms with E-state index in [-0.39, 0.29) is 0 Å². The summed E-state index contributed by atoms with van der Waals surface area (Å²) in [5.74, 6) is 0. The molecular weight excluding hydrogens is 220 g/mol. The number of hydrogen-bond donors (Lipinski definition) is 1. The van der Waals surface area contributed by atoms with Crippen LogP contribution in [0.5, 0.6) is 0 Å². The first-order chi connectivity index (χ1) is 8.80. The van der Waals surface area contributed by atoms with Gasteiger partial charge in [-0.3, -0.25) is 0 Å². The van der Waals surface area contributed by atoms with Gasteiger partial charge in [-0.2, -0.15) is 0 Å². The van der Waals surface area contributed by atoms with E-state index in [2.05, 4.69) is 17.3 Å². The molecule has 0 aromatic rings. The van der Waals surface area contributed by atoms with Gasteiger partial charge in [-0.05, 0) is 57.5 Å². The average Bonchev–Trinajstić information content (AvgIpc) is 2.41. The molecule has 104 valence electrons. The second-order valence-corrected chi connectivity index (χ2v) is 7.05. The minimum atomic E-state index is 0.728. The molecule has 2 atom stereocenters. The first-order valence-electron chi connectivity index (χ1n) is 8.24. The van der Waals surface area contributed by atoms with Gasteiger partial charge < -0.3 is 10.2 Å². The van der Waals surface area contributed by atoms with Crippen LogP contribution < -0.4 is 5.32 Å². The average molecular weight is 250 g/mol. The van der Waals surface area contributed by atoms with Crippen LogP contribution in [0.25, 0.3) is 0 Å². The summed E-state index contributed by atoms with van der Waals surface area (Å²) in [6, 6.07) is 1.66. The maximum Gasteiger partial charge on any atom is 0.0217 e. The van der Waals surface area contributed by atoms with Crippen LogP contribution in [0.2, 0.25) is 0 Å². The van der Waals surface area contributed by atoms with E-state index in [0.29, 0.717) is 0 Å². The second-order valence-electron chi connectivity index (χ2n) is 7.05. The monoisotopic (exact) mass is 250 g/mol. The number of rotatable bonds is 3. The Hall–Kier alpha value is -0.0800. The van der Waals surface area contributed by atoms with Gasteiger partial charge in [0.05, 0.1) is 0 Å². The number of nitrogens with zero attached hydrogens (tertiary/aromatic N) is 1. The van der Waals surface area contributed by atoms with Crippen LogP contribution in [-0.4, -0.2) is 37.1 Å². The zero-order chi connectivity index (χ0) is 12.4. The highest BCUT2D eigenvalue weighted by Crippen LogP contribution is 2.51. The summed E-state index contributed by atoms with van der Waals surface area (Å²) in [7, 11) is 2.31. The van der Waals surface area contributed by atoms with E-state index < -0.39 is 0 Å². The molecule has 0 bridgehead atoms. The molecule has 2 unspecified atom stereocenters. The molecule has 0 radical (unpaired) electrons. The third kappa shape index (κ3) is 2.46. The van der Waals surface area contributed by atoms with Crippen molar-refractivity contribution in [3.63, 3.8) is 0 Å². The van der Waals surface area contributed by atoms with Crippen LogP contribution in [-0.2, 0) is 0 Å². The Morgan fingerprint density at radius 1 is 1.00 bits per heavy atom. The number of hydrogen-bond acceptors (Lipinski definition) is 2. The maximum atomic E-state index is 3.94. The largest absolute Gasteiger partial charge is 0.312 e. The van der Waals surface area contributed by atoms with Crippen LogP contribution in [0.15, 0.2) is 0 Å². The lowest BCUT2D eigenvalue weighted by molar-refractivity contribution is 0.0178. The van der Waals surface area contributed by atoms with Crippen LogP contribution in [0, 0.1) is 5.41 Å². The predicted octanol–water partition coefficient (Wildman–Crippen LogP) is 3.17. The van der Waals surface area contributed by atoms with E-state index in [0.717, 1.165) is 17.5 Å². The first-order valence-corrected chi connectivity index (χ1v) is 8.24. The van der Waals surface area contributed by atoms with Gasteiger partial charge in [0, 0.05) is 18.6 Å². The Bertz CT molecular complexity index is 270. The van der Waals surface area contributed by atoms with Crippen molar-refractivity contribution >= 4 is 0 Å². The summed E-state index contributed by atoms with van der Waals surface area (Å²) in [4.78, 5) is 2.57. The van der Waals surface area contributed by atoms with Gasteiger partial charge in [0.1, 0.15) is 0 Å². The van der Waals surface area contributed by atoms with Gasteiger partial charge in [-0.1, -0.05) is 25.7 Å². The van der Waals surface area contributed by atoms with E-state index in [1.807, 2.05) is 0 Å². The summed E-state index contributed by atoms with van der Waals surface area (Å²) in [6.45, 7) is 2.55. The van der Waals surface area contributed by atoms with Crippen molar-refractivity contribution in [1.29, 1.82) is 0 Å². The fourth-order valence-corrected chi connectivity index (χ4v) is 4.55. The molecule has 1 saturated heterocycles. The molecule has 2 nitrogen and oxygen atoms in total. The molecule has 0 amide bonds. The van der Waals surface area contributed by atoms with Gasteiger partial charge in [-0.15, -0.1) is 0 Å². The van der Waals surface area contributed by atoms with Crippen molar-refractivity contribution in [2.75, 3.05) is 20.1 Å². The smallest absolute Gasteiger partial charge is 0.0217 e. The summed E-state index contributed by atoms with van der Waals surface area (Å²) in [5.41, 5.74) is 0.728. The molecule has 1 spiro atoms. The highest BCUT2D eigenvalue weighted by molar-refractivity contribution is 5.02. The van der Waals surface area contributed by atoms with E-state index >= 15 is 0 Å². The quantitative estimate of drug-likeness (QED) is 0.827. The molecule has 1 N–H and O–H groups in total. The molecule has 1 heterocycles. The highest BCUT2D eigenvalue weighted by atomic mass is 15.2. The van der Waals surface area contributed by atoms with E-state index in [9.17, 15) is 0 Å². The molecule has 3 rings (SSSR count). The summed E-state index contributed by atoms with van der Waals surface area (Å²) in [6.07, 6.45) is 14.7. The maximum absolute atomic E-state index is 3.94. The third-order valence-corrected chi connectivity index (χ3v) is 6.04. The fraction of sp³-hybridized carbons (Fsp3) is 1.00. The fourth-order valence-electron chi connectivity index (χ4n) is 4.55. The molecule has 1 aliphatic heterocycles. The van der Waals surface area contributed by atoms with E-state index in [1.54, 1.807) is 0 Å². The zero-order valence-electron chi connectivity index (χ0n) is 12.1. The van der Waals surface area contributed by atoms with Crippen molar-refractivity contribution < 1.29 is 0 Å². The minimum absolute atomic E-state index is 0.728. The van der Waals surface area contributed by atoms with Crippen LogP contribution in [0.3, 0.4) is 0 Å². The Labute approximate surface area is 113 Å². The van der Waals surface area contributed by atoms with E-state index in [4.69, 9.17) is 0 Å². The zero-order valence-corrected chi connectivity index (χ0v) is 12.1. The molecular formula is C16H30N2. The predicted molar refractivity (Wildman–Crippen MR) is 76.8 cm³/mol. The van der Waals surface area contributed by atoms with Crippen LogP contribution in [0.1, 0.15) is 64.2 Å². The molecule has 2 saturated carbocycles. The molecule has 2 aliphatic carbocycles. The van der Waals surface area contributed by atoms with Gasteiger partial charge in [-0.25, -0.2) is 0 Å². The number of likely N-dealkylation sites (tertiary alicyclic amines) is 1. The van der Waals surface area contributed by atoms with Crippen molar-refractivity contribution in [2.45, 2.75) is 76.3 Å². The topological polar surface area (TPSA) is 15.3 Å². The Kier molecular flexibility index (Phi) is 3.95. The van der Waals surface area contributed by atoms with Gasteiger partial charge >= 0.3 is 0 Å². The van der Waals surface area contributed by atoms with Crippen molar-refractivity contribution in [3.8, 4) is 0 Å².